The van der Waals surface area contributed by atoms with Gasteiger partial charge in [-0.15, -0.1) is 11.8 Å². The monoisotopic (exact) mass is 344 g/mol. The Balaban J connectivity index is 2.12. The largest absolute Gasteiger partial charge is 0.328 e. The molecule has 1 aromatic heterocycles. The number of rotatable bonds is 4. The van der Waals surface area contributed by atoms with Crippen molar-refractivity contribution in [3.63, 3.8) is 0 Å². The zero-order valence-electron chi connectivity index (χ0n) is 12.8. The van der Waals surface area contributed by atoms with E-state index in [1.165, 1.54) is 11.8 Å². The first-order valence-electron chi connectivity index (χ1n) is 7.03. The zero-order valence-corrected chi connectivity index (χ0v) is 14.4. The molecule has 23 heavy (non-hydrogen) atoms. The van der Waals surface area contributed by atoms with Crippen molar-refractivity contribution in [3.8, 4) is 11.4 Å². The third kappa shape index (κ3) is 3.04. The Morgan fingerprint density at radius 1 is 1.00 bits per heavy atom. The lowest BCUT2D eigenvalue weighted by Crippen LogP contribution is -2.04. The maximum absolute atomic E-state index is 12.9. The van der Waals surface area contributed by atoms with Crippen LogP contribution in [0.2, 0.25) is 0 Å². The van der Waals surface area contributed by atoms with E-state index in [1.807, 2.05) is 43.5 Å². The van der Waals surface area contributed by atoms with Crippen molar-refractivity contribution >= 4 is 21.6 Å². The number of aryl methyl sites for hydroxylation is 1. The number of hydrogen-bond acceptors (Lipinski definition) is 4. The predicted octanol–water partition coefficient (Wildman–Crippen LogP) is 3.94. The van der Waals surface area contributed by atoms with E-state index in [2.05, 4.69) is 9.97 Å². The van der Waals surface area contributed by atoms with E-state index >= 15 is 0 Å². The van der Waals surface area contributed by atoms with Crippen LogP contribution in [0.3, 0.4) is 0 Å². The van der Waals surface area contributed by atoms with Gasteiger partial charge in [-0.05, 0) is 25.3 Å². The highest BCUT2D eigenvalue weighted by molar-refractivity contribution is 7.99. The minimum atomic E-state index is -3.62. The molecule has 118 valence electrons. The number of hydrogen-bond donors (Lipinski definition) is 1. The fraction of sp³-hybridized carbons (Fsp3) is 0.118. The molecule has 1 N–H and O–H groups in total. The van der Waals surface area contributed by atoms with Gasteiger partial charge in [0.05, 0.1) is 4.90 Å². The van der Waals surface area contributed by atoms with Gasteiger partial charge < -0.3 is 4.98 Å². The average Bonchev–Trinajstić information content (AvgIpc) is 3.01. The van der Waals surface area contributed by atoms with Crippen molar-refractivity contribution in [3.05, 3.63) is 60.2 Å². The number of aromatic amines is 1. The summed E-state index contributed by atoms with van der Waals surface area (Å²) >= 11 is 1.31. The first-order chi connectivity index (χ1) is 11.0. The zero-order chi connectivity index (χ0) is 16.4. The molecule has 0 aliphatic carbocycles. The summed E-state index contributed by atoms with van der Waals surface area (Å²) in [6, 6.07) is 16.3. The number of thioether (sulfide) groups is 1. The highest BCUT2D eigenvalue weighted by Gasteiger charge is 2.25. The normalized spacial score (nSPS) is 11.6. The highest BCUT2D eigenvalue weighted by atomic mass is 32.2. The van der Waals surface area contributed by atoms with Crippen LogP contribution in [0, 0.1) is 6.92 Å². The van der Waals surface area contributed by atoms with Crippen LogP contribution in [0.15, 0.2) is 69.5 Å². The Hall–Kier alpha value is -2.05. The molecule has 0 bridgehead atoms. The molecule has 0 saturated heterocycles. The van der Waals surface area contributed by atoms with Crippen LogP contribution < -0.4 is 0 Å². The molecular formula is C17H16N2O2S2. The molecule has 0 fully saturated rings. The second-order valence-electron chi connectivity index (χ2n) is 5.11. The van der Waals surface area contributed by atoms with E-state index in [9.17, 15) is 8.42 Å². The molecule has 6 heteroatoms. The summed E-state index contributed by atoms with van der Waals surface area (Å²) in [7, 11) is -3.62. The number of H-pyrrole nitrogens is 1. The minimum Gasteiger partial charge on any atom is -0.328 e. The Morgan fingerprint density at radius 2 is 1.65 bits per heavy atom. The molecule has 1 heterocycles. The van der Waals surface area contributed by atoms with Crippen molar-refractivity contribution in [1.29, 1.82) is 0 Å². The third-order valence-electron chi connectivity index (χ3n) is 3.48. The number of benzene rings is 2. The molecule has 0 amide bonds. The van der Waals surface area contributed by atoms with Crippen molar-refractivity contribution in [2.75, 3.05) is 6.26 Å². The van der Waals surface area contributed by atoms with E-state index in [-0.39, 0.29) is 9.92 Å². The summed E-state index contributed by atoms with van der Waals surface area (Å²) in [4.78, 5) is 7.68. The Labute approximate surface area is 139 Å². The molecule has 0 atom stereocenters. The fourth-order valence-electron chi connectivity index (χ4n) is 2.23. The van der Waals surface area contributed by atoms with Crippen LogP contribution in [-0.4, -0.2) is 24.6 Å². The first-order valence-corrected chi connectivity index (χ1v) is 9.74. The van der Waals surface area contributed by atoms with Gasteiger partial charge in [0.15, 0.2) is 5.03 Å². The van der Waals surface area contributed by atoms with Gasteiger partial charge in [0.25, 0.3) is 0 Å². The number of nitrogens with one attached hydrogen (secondary N) is 1. The van der Waals surface area contributed by atoms with Crippen molar-refractivity contribution in [1.82, 2.24) is 9.97 Å². The lowest BCUT2D eigenvalue weighted by molar-refractivity contribution is 0.590. The van der Waals surface area contributed by atoms with Gasteiger partial charge in [0.2, 0.25) is 9.84 Å². The van der Waals surface area contributed by atoms with Crippen LogP contribution in [0.4, 0.5) is 0 Å². The molecule has 0 radical (unpaired) electrons. The third-order valence-corrected chi connectivity index (χ3v) is 6.02. The van der Waals surface area contributed by atoms with Gasteiger partial charge in [0.1, 0.15) is 10.9 Å². The summed E-state index contributed by atoms with van der Waals surface area (Å²) in [5, 5.41) is 0.622. The molecule has 2 aromatic carbocycles. The van der Waals surface area contributed by atoms with Crippen LogP contribution in [0.5, 0.6) is 0 Å². The molecule has 0 saturated carbocycles. The summed E-state index contributed by atoms with van der Waals surface area (Å²) < 4.78 is 25.8. The molecule has 4 nitrogen and oxygen atoms in total. The van der Waals surface area contributed by atoms with Gasteiger partial charge in [0, 0.05) is 5.56 Å². The average molecular weight is 344 g/mol. The fourth-order valence-corrected chi connectivity index (χ4v) is 4.46. The van der Waals surface area contributed by atoms with Crippen molar-refractivity contribution in [2.45, 2.75) is 21.9 Å². The highest BCUT2D eigenvalue weighted by Crippen LogP contribution is 2.30. The molecule has 0 unspecified atom stereocenters. The second kappa shape index (κ2) is 6.22. The van der Waals surface area contributed by atoms with E-state index in [0.717, 1.165) is 11.1 Å². The summed E-state index contributed by atoms with van der Waals surface area (Å²) in [6.07, 6.45) is 1.82. The SMILES string of the molecule is CSc1nc(-c2ccccc2)[nH]c1S(=O)(=O)c1ccc(C)cc1. The van der Waals surface area contributed by atoms with Gasteiger partial charge in [-0.1, -0.05) is 48.0 Å². The first kappa shape index (κ1) is 15.8. The quantitative estimate of drug-likeness (QED) is 0.728. The van der Waals surface area contributed by atoms with E-state index in [0.29, 0.717) is 10.9 Å². The van der Waals surface area contributed by atoms with Crippen LogP contribution in [0.1, 0.15) is 5.56 Å². The number of nitrogens with zero attached hydrogens (tertiary/aromatic N) is 1. The second-order valence-corrected chi connectivity index (χ2v) is 7.79. The van der Waals surface area contributed by atoms with Crippen molar-refractivity contribution in [2.24, 2.45) is 0 Å². The Kier molecular flexibility index (Phi) is 4.28. The van der Waals surface area contributed by atoms with Crippen LogP contribution in [0.25, 0.3) is 11.4 Å². The molecule has 0 aliphatic rings. The van der Waals surface area contributed by atoms with Crippen molar-refractivity contribution < 1.29 is 8.42 Å². The van der Waals surface area contributed by atoms with Gasteiger partial charge >= 0.3 is 0 Å². The molecular weight excluding hydrogens is 328 g/mol. The Bertz CT molecular complexity index is 915. The summed E-state index contributed by atoms with van der Waals surface area (Å²) in [5.41, 5.74) is 1.87. The van der Waals surface area contributed by atoms with Gasteiger partial charge in [-0.3, -0.25) is 0 Å². The number of sulfone groups is 1. The minimum absolute atomic E-state index is 0.146. The maximum atomic E-state index is 12.9. The van der Waals surface area contributed by atoms with E-state index in [1.54, 1.807) is 24.3 Å². The van der Waals surface area contributed by atoms with Gasteiger partial charge in [-0.25, -0.2) is 13.4 Å². The van der Waals surface area contributed by atoms with Crippen LogP contribution >= 0.6 is 11.8 Å². The molecule has 0 aliphatic heterocycles. The lowest BCUT2D eigenvalue weighted by Gasteiger charge is -2.04. The molecule has 3 rings (SSSR count). The smallest absolute Gasteiger partial charge is 0.224 e. The molecule has 3 aromatic rings. The predicted molar refractivity (Wildman–Crippen MR) is 92.4 cm³/mol. The maximum Gasteiger partial charge on any atom is 0.224 e. The lowest BCUT2D eigenvalue weighted by atomic mass is 10.2. The van der Waals surface area contributed by atoms with Gasteiger partial charge in [-0.2, -0.15) is 0 Å². The summed E-state index contributed by atoms with van der Waals surface area (Å²) in [6.45, 7) is 1.92. The molecule has 0 spiro atoms. The standard InChI is InChI=1S/C17H16N2O2S2/c1-12-8-10-14(11-9-12)23(20,21)17-16(22-2)18-15(19-17)13-6-4-3-5-7-13/h3-11H,1-2H3,(H,18,19). The topological polar surface area (TPSA) is 62.8 Å². The van der Waals surface area contributed by atoms with Crippen LogP contribution in [-0.2, 0) is 9.84 Å². The Morgan fingerprint density at radius 3 is 2.26 bits per heavy atom. The number of imidazole rings is 1. The van der Waals surface area contributed by atoms with E-state index in [4.69, 9.17) is 0 Å². The number of aromatic nitrogens is 2. The summed E-state index contributed by atoms with van der Waals surface area (Å²) in [5.74, 6) is 0.556. The van der Waals surface area contributed by atoms with E-state index < -0.39 is 9.84 Å².